The maximum atomic E-state index is 14.1. The van der Waals surface area contributed by atoms with Gasteiger partial charge in [0.15, 0.2) is 5.82 Å². The second kappa shape index (κ2) is 19.6. The summed E-state index contributed by atoms with van der Waals surface area (Å²) in [6, 6.07) is 15.2. The number of piperazine rings is 1. The Kier molecular flexibility index (Phi) is 12.9. The Labute approximate surface area is 436 Å². The first-order valence-electron chi connectivity index (χ1n) is 26.0. The van der Waals surface area contributed by atoms with E-state index in [-0.39, 0.29) is 59.9 Å². The van der Waals surface area contributed by atoms with Crippen LogP contribution in [0.1, 0.15) is 89.7 Å². The van der Waals surface area contributed by atoms with Crippen molar-refractivity contribution in [3.8, 4) is 17.1 Å². The second-order valence-electron chi connectivity index (χ2n) is 21.4. The van der Waals surface area contributed by atoms with E-state index < -0.39 is 6.04 Å². The van der Waals surface area contributed by atoms with Gasteiger partial charge in [0.1, 0.15) is 17.6 Å². The van der Waals surface area contributed by atoms with Crippen LogP contribution in [0, 0.1) is 5.41 Å². The number of nitrogens with one attached hydrogen (secondary N) is 2. The van der Waals surface area contributed by atoms with E-state index >= 15 is 0 Å². The average Bonchev–Trinajstić information content (AvgIpc) is 4.04. The summed E-state index contributed by atoms with van der Waals surface area (Å²) in [5.74, 6) is -0.282. The minimum absolute atomic E-state index is 0.105. The molecule has 0 radical (unpaired) electrons. The molecule has 5 aliphatic heterocycles. The van der Waals surface area contributed by atoms with Crippen LogP contribution in [0.2, 0.25) is 0 Å². The Bertz CT molecular complexity index is 3160. The zero-order valence-electron chi connectivity index (χ0n) is 43.3. The maximum Gasteiger partial charge on any atom is 0.276 e. The van der Waals surface area contributed by atoms with Gasteiger partial charge < -0.3 is 39.7 Å². The normalized spacial score (nSPS) is 20.9. The van der Waals surface area contributed by atoms with Crippen molar-refractivity contribution in [2.24, 2.45) is 5.41 Å². The number of likely N-dealkylation sites (N-methyl/N-ethyl adjacent to an activating group) is 1. The van der Waals surface area contributed by atoms with Crippen molar-refractivity contribution in [1.82, 2.24) is 34.2 Å². The van der Waals surface area contributed by atoms with Gasteiger partial charge in [-0.15, -0.1) is 0 Å². The number of anilines is 6. The number of carbonyl (C=O) groups is 5. The summed E-state index contributed by atoms with van der Waals surface area (Å²) in [4.78, 5) is 91.9. The molecule has 0 bridgehead atoms. The summed E-state index contributed by atoms with van der Waals surface area (Å²) < 4.78 is 7.82. The smallest absolute Gasteiger partial charge is 0.276 e. The van der Waals surface area contributed by atoms with Gasteiger partial charge in [-0.25, -0.2) is 15.0 Å². The first-order chi connectivity index (χ1) is 36.1. The molecule has 19 nitrogen and oxygen atoms in total. The highest BCUT2D eigenvalue weighted by Crippen LogP contribution is 2.42. The number of pyridine rings is 1. The summed E-state index contributed by atoms with van der Waals surface area (Å²) in [5, 5.41) is 17.3. The van der Waals surface area contributed by atoms with Crippen LogP contribution >= 0.6 is 0 Å². The van der Waals surface area contributed by atoms with E-state index in [2.05, 4.69) is 73.3 Å². The molecule has 1 aliphatic carbocycles. The predicted molar refractivity (Wildman–Crippen MR) is 284 cm³/mol. The molecule has 5 amide bonds. The molecular weight excluding hydrogens is 953 g/mol. The molecule has 3 fully saturated rings. The number of hydrogen-bond donors (Lipinski definition) is 3. The second-order valence-corrected chi connectivity index (χ2v) is 21.4. The van der Waals surface area contributed by atoms with Gasteiger partial charge >= 0.3 is 0 Å². The number of amides is 5. The standard InChI is InChI=1S/C56H64N12O7/c1-7-48(70)60-41-26-35(59-50-52(75-6)58-29-42(61-50)37-15-18-57-51(40(37)32-69)67-24-23-66-46(55(67)74)25-34-27-56(3,4)28-47(34)66)11-12-44(41)65-22-21-64(30-33(65)2)36-16-19-63(20-17-36)43-10-8-9-38-39(43)31-68(53(38)72)45-13-14-49(71)62(5)54(45)73/h7-12,15,18,25-26,29,33,36,45,69H,1,13-14,16-17,19-24,27-28,30-32H2,2-6H3,(H,59,61)(H,60,70)/t33-,45?/m0/s1. The number of fused-ring (bicyclic) bond motifs is 4. The van der Waals surface area contributed by atoms with Gasteiger partial charge in [0.05, 0.1) is 37.0 Å². The summed E-state index contributed by atoms with van der Waals surface area (Å²) >= 11 is 0. The minimum atomic E-state index is -0.640. The van der Waals surface area contributed by atoms with Gasteiger partial charge in [-0.05, 0) is 98.5 Å². The van der Waals surface area contributed by atoms with Crippen LogP contribution in [0.3, 0.4) is 0 Å². The number of piperidine rings is 2. The van der Waals surface area contributed by atoms with E-state index in [1.54, 1.807) is 28.3 Å². The third-order valence-corrected chi connectivity index (χ3v) is 16.2. The molecule has 1 unspecified atom stereocenters. The number of nitrogens with zero attached hydrogens (tertiary/aromatic N) is 10. The lowest BCUT2D eigenvalue weighted by atomic mass is 9.90. The van der Waals surface area contributed by atoms with E-state index in [4.69, 9.17) is 9.72 Å². The molecule has 11 rings (SSSR count). The van der Waals surface area contributed by atoms with Gasteiger partial charge in [0.2, 0.25) is 11.8 Å². The molecule has 0 saturated carbocycles. The van der Waals surface area contributed by atoms with E-state index in [0.29, 0.717) is 83.2 Å². The fraction of sp³-hybridized carbons (Fsp3) is 0.429. The highest BCUT2D eigenvalue weighted by atomic mass is 16.5. The Balaban J connectivity index is 0.770. The molecule has 3 aromatic heterocycles. The molecule has 6 aliphatic rings. The molecule has 2 aromatic carbocycles. The predicted octanol–water partition coefficient (Wildman–Crippen LogP) is 5.78. The zero-order chi connectivity index (χ0) is 52.4. The number of likely N-dealkylation sites (tertiary alicyclic amines) is 1. The first kappa shape index (κ1) is 49.6. The lowest BCUT2D eigenvalue weighted by Crippen LogP contribution is -2.57. The van der Waals surface area contributed by atoms with E-state index in [0.717, 1.165) is 80.2 Å². The Hall–Kier alpha value is -7.64. The maximum absolute atomic E-state index is 14.1. The summed E-state index contributed by atoms with van der Waals surface area (Å²) in [6.45, 7) is 15.5. The summed E-state index contributed by atoms with van der Waals surface area (Å²) in [6.07, 6.45) is 8.77. The van der Waals surface area contributed by atoms with Gasteiger partial charge in [0, 0.05) is 123 Å². The topological polar surface area (TPSA) is 202 Å². The first-order valence-corrected chi connectivity index (χ1v) is 26.0. The summed E-state index contributed by atoms with van der Waals surface area (Å²) in [5.41, 5.74) is 9.40. The highest BCUT2D eigenvalue weighted by molar-refractivity contribution is 6.07. The van der Waals surface area contributed by atoms with E-state index in [1.807, 2.05) is 36.4 Å². The molecule has 2 atom stereocenters. The van der Waals surface area contributed by atoms with Gasteiger partial charge in [0.25, 0.3) is 23.6 Å². The van der Waals surface area contributed by atoms with Crippen LogP contribution < -0.4 is 30.1 Å². The number of benzene rings is 2. The van der Waals surface area contributed by atoms with Crippen LogP contribution in [0.15, 0.2) is 73.6 Å². The molecule has 3 N–H and O–H groups in total. The van der Waals surface area contributed by atoms with Crippen molar-refractivity contribution >= 4 is 63.9 Å². The molecule has 0 spiro atoms. The fourth-order valence-electron chi connectivity index (χ4n) is 12.5. The van der Waals surface area contributed by atoms with Crippen molar-refractivity contribution < 1.29 is 33.8 Å². The number of aliphatic hydroxyl groups is 1. The molecule has 8 heterocycles. The van der Waals surface area contributed by atoms with Gasteiger partial charge in [-0.2, -0.15) is 0 Å². The molecular formula is C56H64N12O7. The number of methoxy groups -OCH3 is 1. The number of imide groups is 1. The van der Waals surface area contributed by atoms with Crippen LogP contribution in [0.5, 0.6) is 5.88 Å². The summed E-state index contributed by atoms with van der Waals surface area (Å²) in [7, 11) is 3.00. The number of ether oxygens (including phenoxy) is 1. The van der Waals surface area contributed by atoms with Crippen LogP contribution in [-0.2, 0) is 46.9 Å². The van der Waals surface area contributed by atoms with Crippen molar-refractivity contribution in [1.29, 1.82) is 0 Å². The van der Waals surface area contributed by atoms with Crippen LogP contribution in [0.25, 0.3) is 11.3 Å². The zero-order valence-corrected chi connectivity index (χ0v) is 43.3. The van der Waals surface area contributed by atoms with Crippen molar-refractivity contribution in [3.05, 3.63) is 107 Å². The van der Waals surface area contributed by atoms with Crippen molar-refractivity contribution in [2.45, 2.75) is 97.1 Å². The SMILES string of the molecule is C=CC(=O)Nc1cc(Nc2nc(-c3ccnc(N4CCn5c(cc6c5CC(C)(C)C6)C4=O)c3CO)cnc2OC)ccc1N1CCN(C2CCN(c3cccc4c3CN(C3CCC(=O)N(C)C3=O)C4=O)CC2)C[C@@H]1C. The highest BCUT2D eigenvalue weighted by Gasteiger charge is 2.43. The molecule has 5 aromatic rings. The Morgan fingerprint density at radius 1 is 0.920 bits per heavy atom. The molecule has 390 valence electrons. The largest absolute Gasteiger partial charge is 0.478 e. The fourth-order valence-corrected chi connectivity index (χ4v) is 12.5. The number of aromatic nitrogens is 4. The third kappa shape index (κ3) is 8.94. The lowest BCUT2D eigenvalue weighted by molar-refractivity contribution is -0.150. The van der Waals surface area contributed by atoms with Gasteiger partial charge in [-0.3, -0.25) is 38.7 Å². The third-order valence-electron chi connectivity index (χ3n) is 16.2. The minimum Gasteiger partial charge on any atom is -0.478 e. The number of carbonyl (C=O) groups excluding carboxylic acids is 5. The molecule has 19 heteroatoms. The number of hydrogen-bond acceptors (Lipinski definition) is 14. The van der Waals surface area contributed by atoms with Gasteiger partial charge in [-0.1, -0.05) is 26.5 Å². The van der Waals surface area contributed by atoms with Crippen molar-refractivity contribution in [2.75, 3.05) is 78.8 Å². The Morgan fingerprint density at radius 2 is 1.73 bits per heavy atom. The van der Waals surface area contributed by atoms with Crippen LogP contribution in [0.4, 0.5) is 34.4 Å². The van der Waals surface area contributed by atoms with Crippen LogP contribution in [-0.4, -0.2) is 140 Å². The quantitative estimate of drug-likeness (QED) is 0.100. The van der Waals surface area contributed by atoms with E-state index in [1.165, 1.54) is 31.5 Å². The lowest BCUT2D eigenvalue weighted by Gasteiger charge is -2.47. The number of rotatable bonds is 12. The van der Waals surface area contributed by atoms with E-state index in [9.17, 15) is 29.1 Å². The molecule has 3 saturated heterocycles. The van der Waals surface area contributed by atoms with Crippen molar-refractivity contribution in [3.63, 3.8) is 0 Å². The average molecular weight is 1020 g/mol. The number of aliphatic hydroxyl groups excluding tert-OH is 1. The Morgan fingerprint density at radius 3 is 2.49 bits per heavy atom. The molecule has 75 heavy (non-hydrogen) atoms. The monoisotopic (exact) mass is 1020 g/mol.